The van der Waals surface area contributed by atoms with Gasteiger partial charge in [0, 0.05) is 19.4 Å². The van der Waals surface area contributed by atoms with Crippen LogP contribution in [0.4, 0.5) is 0 Å². The predicted octanol–water partition coefficient (Wildman–Crippen LogP) is 17.5. The predicted molar refractivity (Wildman–Crippen MR) is 270 cm³/mol. The molecule has 0 heterocycles. The number of carbonyl (C=O) groups excluding carboxylic acids is 2. The number of allylic oxidation sites excluding steroid dienone is 16. The van der Waals surface area contributed by atoms with E-state index in [1.807, 2.05) is 6.08 Å². The maximum Gasteiger partial charge on any atom is 0.306 e. The average molecular weight is 861 g/mol. The minimum absolute atomic E-state index is 0.0353. The number of rotatable bonds is 46. The van der Waals surface area contributed by atoms with Gasteiger partial charge in [0.2, 0.25) is 0 Å². The second-order valence-electron chi connectivity index (χ2n) is 16.7. The van der Waals surface area contributed by atoms with Gasteiger partial charge in [-0.05, 0) is 103 Å². The molecule has 0 aromatic rings. The zero-order chi connectivity index (χ0) is 44.9. The highest BCUT2D eigenvalue weighted by Gasteiger charge is 2.17. The Labute approximate surface area is 383 Å². The molecular formula is C57H96O5. The minimum atomic E-state index is -0.578. The van der Waals surface area contributed by atoms with Gasteiger partial charge in [0.25, 0.3) is 0 Å². The number of hydrogen-bond donors (Lipinski definition) is 0. The maximum absolute atomic E-state index is 12.8. The van der Waals surface area contributed by atoms with E-state index in [9.17, 15) is 9.59 Å². The quantitative estimate of drug-likeness (QED) is 0.0347. The Morgan fingerprint density at radius 2 is 0.774 bits per heavy atom. The van der Waals surface area contributed by atoms with Crippen molar-refractivity contribution in [3.63, 3.8) is 0 Å². The molecule has 0 N–H and O–H groups in total. The van der Waals surface area contributed by atoms with Gasteiger partial charge in [-0.2, -0.15) is 0 Å². The fourth-order valence-corrected chi connectivity index (χ4v) is 6.75. The van der Waals surface area contributed by atoms with Crippen LogP contribution in [-0.2, 0) is 23.8 Å². The zero-order valence-corrected chi connectivity index (χ0v) is 40.6. The SMILES string of the molecule is CC/C=C\C/C=C\C/C=C\C/C=C\C/C=C\C/C=C\CCC(=O)OCC(COCCCCCCCC/C=C\CCCC)OC(=O)CCCCCCC/C=C\CCCCCCCC. The van der Waals surface area contributed by atoms with Gasteiger partial charge in [-0.1, -0.05) is 208 Å². The molecule has 0 spiro atoms. The molecule has 0 aliphatic carbocycles. The summed E-state index contributed by atoms with van der Waals surface area (Å²) in [5, 5.41) is 0. The molecule has 5 nitrogen and oxygen atoms in total. The summed E-state index contributed by atoms with van der Waals surface area (Å²) >= 11 is 0. The monoisotopic (exact) mass is 861 g/mol. The molecule has 0 fully saturated rings. The van der Waals surface area contributed by atoms with Gasteiger partial charge in [0.1, 0.15) is 6.61 Å². The summed E-state index contributed by atoms with van der Waals surface area (Å²) in [6.45, 7) is 7.57. The van der Waals surface area contributed by atoms with E-state index in [0.717, 1.165) is 77.0 Å². The number of ether oxygens (including phenoxy) is 3. The fourth-order valence-electron chi connectivity index (χ4n) is 6.75. The van der Waals surface area contributed by atoms with E-state index >= 15 is 0 Å². The average Bonchev–Trinajstić information content (AvgIpc) is 3.27. The molecule has 0 aliphatic heterocycles. The first-order chi connectivity index (χ1) is 30.6. The van der Waals surface area contributed by atoms with Gasteiger partial charge in [-0.15, -0.1) is 0 Å². The van der Waals surface area contributed by atoms with Crippen molar-refractivity contribution in [3.8, 4) is 0 Å². The van der Waals surface area contributed by atoms with E-state index in [-0.39, 0.29) is 25.2 Å². The van der Waals surface area contributed by atoms with Crippen LogP contribution in [0.25, 0.3) is 0 Å². The molecule has 0 aromatic carbocycles. The Hall–Kier alpha value is -3.18. The van der Waals surface area contributed by atoms with Crippen molar-refractivity contribution in [1.82, 2.24) is 0 Å². The molecule has 0 radical (unpaired) electrons. The van der Waals surface area contributed by atoms with Crippen molar-refractivity contribution < 1.29 is 23.8 Å². The molecule has 0 amide bonds. The lowest BCUT2D eigenvalue weighted by atomic mass is 10.1. The van der Waals surface area contributed by atoms with Crippen LogP contribution in [0.1, 0.15) is 226 Å². The third kappa shape index (κ3) is 49.5. The summed E-state index contributed by atoms with van der Waals surface area (Å²) in [5.41, 5.74) is 0. The summed E-state index contributed by atoms with van der Waals surface area (Å²) in [7, 11) is 0. The van der Waals surface area contributed by atoms with E-state index in [0.29, 0.717) is 25.9 Å². The lowest BCUT2D eigenvalue weighted by molar-refractivity contribution is -0.162. The topological polar surface area (TPSA) is 61.8 Å². The highest BCUT2D eigenvalue weighted by molar-refractivity contribution is 5.70. The number of esters is 2. The van der Waals surface area contributed by atoms with Crippen LogP contribution in [0.3, 0.4) is 0 Å². The van der Waals surface area contributed by atoms with E-state index < -0.39 is 6.10 Å². The van der Waals surface area contributed by atoms with Crippen molar-refractivity contribution in [3.05, 3.63) is 97.2 Å². The molecule has 0 saturated carbocycles. The van der Waals surface area contributed by atoms with E-state index in [4.69, 9.17) is 14.2 Å². The van der Waals surface area contributed by atoms with Crippen LogP contribution in [-0.4, -0.2) is 37.9 Å². The Balaban J connectivity index is 4.40. The highest BCUT2D eigenvalue weighted by atomic mass is 16.6. The van der Waals surface area contributed by atoms with Gasteiger partial charge < -0.3 is 14.2 Å². The number of hydrogen-bond acceptors (Lipinski definition) is 5. The first-order valence-corrected chi connectivity index (χ1v) is 25.8. The Morgan fingerprint density at radius 3 is 1.27 bits per heavy atom. The third-order valence-electron chi connectivity index (χ3n) is 10.6. The van der Waals surface area contributed by atoms with Crippen LogP contribution in [0, 0.1) is 0 Å². The summed E-state index contributed by atoms with van der Waals surface area (Å²) in [5.74, 6) is -0.509. The molecule has 0 aliphatic rings. The van der Waals surface area contributed by atoms with E-state index in [2.05, 4.69) is 112 Å². The van der Waals surface area contributed by atoms with Crippen LogP contribution in [0.5, 0.6) is 0 Å². The van der Waals surface area contributed by atoms with Crippen molar-refractivity contribution in [2.24, 2.45) is 0 Å². The van der Waals surface area contributed by atoms with Crippen LogP contribution in [0.2, 0.25) is 0 Å². The van der Waals surface area contributed by atoms with Gasteiger partial charge >= 0.3 is 11.9 Å². The van der Waals surface area contributed by atoms with E-state index in [1.165, 1.54) is 109 Å². The second kappa shape index (κ2) is 52.2. The summed E-state index contributed by atoms with van der Waals surface area (Å²) < 4.78 is 17.3. The third-order valence-corrected chi connectivity index (χ3v) is 10.6. The molecule has 1 unspecified atom stereocenters. The van der Waals surface area contributed by atoms with Gasteiger partial charge in [0.05, 0.1) is 6.61 Å². The Kier molecular flexibility index (Phi) is 49.5. The Morgan fingerprint density at radius 1 is 0.371 bits per heavy atom. The zero-order valence-electron chi connectivity index (χ0n) is 40.6. The van der Waals surface area contributed by atoms with Crippen molar-refractivity contribution in [2.75, 3.05) is 19.8 Å². The number of unbranched alkanes of at least 4 members (excludes halogenated alkanes) is 19. The lowest BCUT2D eigenvalue weighted by Gasteiger charge is -2.18. The minimum Gasteiger partial charge on any atom is -0.462 e. The molecule has 1 atom stereocenters. The van der Waals surface area contributed by atoms with Gasteiger partial charge in [-0.3, -0.25) is 9.59 Å². The smallest absolute Gasteiger partial charge is 0.306 e. The fraction of sp³-hybridized carbons (Fsp3) is 0.684. The summed E-state index contributed by atoms with van der Waals surface area (Å²) in [4.78, 5) is 25.4. The Bertz CT molecular complexity index is 1200. The number of carbonyl (C=O) groups is 2. The van der Waals surface area contributed by atoms with Crippen LogP contribution >= 0.6 is 0 Å². The molecule has 0 saturated heterocycles. The highest BCUT2D eigenvalue weighted by Crippen LogP contribution is 2.13. The molecule has 5 heteroatoms. The normalized spacial score (nSPS) is 13.0. The van der Waals surface area contributed by atoms with Gasteiger partial charge in [-0.25, -0.2) is 0 Å². The van der Waals surface area contributed by atoms with E-state index in [1.54, 1.807) is 0 Å². The lowest BCUT2D eigenvalue weighted by Crippen LogP contribution is -2.30. The molecule has 0 bridgehead atoms. The molecule has 354 valence electrons. The largest absolute Gasteiger partial charge is 0.462 e. The molecular weight excluding hydrogens is 765 g/mol. The second-order valence-corrected chi connectivity index (χ2v) is 16.7. The maximum atomic E-state index is 12.8. The molecule has 62 heavy (non-hydrogen) atoms. The first-order valence-electron chi connectivity index (χ1n) is 25.8. The summed E-state index contributed by atoms with van der Waals surface area (Å²) in [6, 6.07) is 0. The van der Waals surface area contributed by atoms with Crippen molar-refractivity contribution in [2.45, 2.75) is 232 Å². The standard InChI is InChI=1S/C57H96O5/c1-4-7-10-13-16-19-22-25-27-28-29-30-32-33-35-38-41-44-47-50-56(58)61-54-55(53-60-52-49-46-43-40-37-24-21-18-15-12-9-6-3)62-57(59)51-48-45-42-39-36-34-31-26-23-20-17-14-11-8-5-2/h7,10,15-16,18-19,25-27,29-31,33,35,41,44,55H,4-6,8-9,11-14,17,20-24,28,32,34,36-40,42-43,45-54H2,1-3H3/b10-7-,18-15-,19-16-,27-25-,30-29-,31-26-,35-33-,44-41-. The summed E-state index contributed by atoms with van der Waals surface area (Å²) in [6.07, 6.45) is 69.9. The van der Waals surface area contributed by atoms with Crippen molar-refractivity contribution >= 4 is 11.9 Å². The van der Waals surface area contributed by atoms with Crippen molar-refractivity contribution in [1.29, 1.82) is 0 Å². The molecule has 0 rings (SSSR count). The first kappa shape index (κ1) is 58.8. The molecule has 0 aromatic heterocycles. The van der Waals surface area contributed by atoms with Crippen LogP contribution in [0.15, 0.2) is 97.2 Å². The van der Waals surface area contributed by atoms with Gasteiger partial charge in [0.15, 0.2) is 6.10 Å². The van der Waals surface area contributed by atoms with Crippen LogP contribution < -0.4 is 0 Å².